The van der Waals surface area contributed by atoms with Gasteiger partial charge in [0, 0.05) is 38.8 Å². The second kappa shape index (κ2) is 11.6. The smallest absolute Gasteiger partial charge is 0.330 e. The van der Waals surface area contributed by atoms with Gasteiger partial charge in [0.15, 0.2) is 6.04 Å². The van der Waals surface area contributed by atoms with Gasteiger partial charge in [-0.15, -0.1) is 11.3 Å². The Hall–Kier alpha value is -3.05. The molecule has 0 bridgehead atoms. The lowest BCUT2D eigenvalue weighted by Gasteiger charge is -2.35. The summed E-state index contributed by atoms with van der Waals surface area (Å²) in [6, 6.07) is 13.4. The van der Waals surface area contributed by atoms with E-state index in [1.165, 1.54) is 0 Å². The van der Waals surface area contributed by atoms with Crippen molar-refractivity contribution in [3.8, 4) is 5.75 Å². The summed E-state index contributed by atoms with van der Waals surface area (Å²) in [5, 5.41) is 23.6. The number of aromatic nitrogens is 1. The summed E-state index contributed by atoms with van der Waals surface area (Å²) in [6.45, 7) is 5.49. The molecule has 186 valence electrons. The van der Waals surface area contributed by atoms with Crippen LogP contribution in [0.3, 0.4) is 0 Å². The number of carbonyl (C=O) groups is 2. The molecule has 1 aliphatic rings. The highest BCUT2D eigenvalue weighted by atomic mass is 32.1. The van der Waals surface area contributed by atoms with Gasteiger partial charge in [-0.2, -0.15) is 0 Å². The SMILES string of the molecule is Cc1nc2cc(OC[C@H](O)CN3CCN(CC(=O)N[C@@H](C(=O)O)c4ccccc4)CC3)ccc2s1. The first-order valence-electron chi connectivity index (χ1n) is 11.6. The summed E-state index contributed by atoms with van der Waals surface area (Å²) >= 11 is 1.64. The monoisotopic (exact) mass is 498 g/mol. The molecule has 2 heterocycles. The molecule has 0 saturated carbocycles. The lowest BCUT2D eigenvalue weighted by Crippen LogP contribution is -2.51. The molecule has 9 nitrogen and oxygen atoms in total. The second-order valence-electron chi connectivity index (χ2n) is 8.65. The largest absolute Gasteiger partial charge is 0.491 e. The number of nitrogens with one attached hydrogen (secondary N) is 1. The lowest BCUT2D eigenvalue weighted by atomic mass is 10.1. The van der Waals surface area contributed by atoms with Crippen molar-refractivity contribution >= 4 is 33.4 Å². The Kier molecular flexibility index (Phi) is 8.29. The zero-order valence-electron chi connectivity index (χ0n) is 19.6. The number of piperazine rings is 1. The fourth-order valence-corrected chi connectivity index (χ4v) is 4.94. The molecule has 0 unspecified atom stereocenters. The van der Waals surface area contributed by atoms with Crippen LogP contribution in [0.25, 0.3) is 10.2 Å². The van der Waals surface area contributed by atoms with Gasteiger partial charge in [0.05, 0.1) is 21.8 Å². The van der Waals surface area contributed by atoms with E-state index in [4.69, 9.17) is 4.74 Å². The molecular formula is C25H30N4O5S. The molecule has 1 amide bonds. The van der Waals surface area contributed by atoms with Crippen molar-refractivity contribution in [3.05, 3.63) is 59.1 Å². The number of ether oxygens (including phenoxy) is 1. The number of hydrogen-bond donors (Lipinski definition) is 3. The van der Waals surface area contributed by atoms with Crippen molar-refractivity contribution in [2.45, 2.75) is 19.1 Å². The van der Waals surface area contributed by atoms with Crippen LogP contribution in [0.4, 0.5) is 0 Å². The molecule has 1 aromatic heterocycles. The molecule has 1 saturated heterocycles. The predicted octanol–water partition coefficient (Wildman–Crippen LogP) is 1.90. The number of aliphatic hydroxyl groups is 1. The Morgan fingerprint density at radius 2 is 1.83 bits per heavy atom. The van der Waals surface area contributed by atoms with Gasteiger partial charge in [-0.1, -0.05) is 30.3 Å². The molecule has 1 fully saturated rings. The van der Waals surface area contributed by atoms with E-state index in [1.54, 1.807) is 41.7 Å². The number of fused-ring (bicyclic) bond motifs is 1. The first-order chi connectivity index (χ1) is 16.9. The maximum atomic E-state index is 12.5. The summed E-state index contributed by atoms with van der Waals surface area (Å²) < 4.78 is 6.88. The first-order valence-corrected chi connectivity index (χ1v) is 12.4. The van der Waals surface area contributed by atoms with Crippen LogP contribution in [-0.4, -0.2) is 88.9 Å². The number of hydrogen-bond acceptors (Lipinski definition) is 8. The summed E-state index contributed by atoms with van der Waals surface area (Å²) in [6.07, 6.45) is -0.639. The lowest BCUT2D eigenvalue weighted by molar-refractivity contribution is -0.142. The van der Waals surface area contributed by atoms with Crippen LogP contribution in [0.2, 0.25) is 0 Å². The van der Waals surface area contributed by atoms with E-state index >= 15 is 0 Å². The van der Waals surface area contributed by atoms with Gasteiger partial charge >= 0.3 is 5.97 Å². The Labute approximate surface area is 207 Å². The average Bonchev–Trinajstić information content (AvgIpc) is 3.22. The van der Waals surface area contributed by atoms with Gasteiger partial charge in [-0.3, -0.25) is 14.6 Å². The predicted molar refractivity (Wildman–Crippen MR) is 134 cm³/mol. The fraction of sp³-hybridized carbons (Fsp3) is 0.400. The minimum absolute atomic E-state index is 0.134. The zero-order chi connectivity index (χ0) is 24.8. The van der Waals surface area contributed by atoms with Crippen molar-refractivity contribution in [2.24, 2.45) is 0 Å². The van der Waals surface area contributed by atoms with Crippen LogP contribution in [0.15, 0.2) is 48.5 Å². The molecule has 1 aliphatic heterocycles. The van der Waals surface area contributed by atoms with E-state index in [0.717, 1.165) is 15.2 Å². The number of aliphatic hydroxyl groups excluding tert-OH is 1. The number of amides is 1. The van der Waals surface area contributed by atoms with Crippen molar-refractivity contribution in [3.63, 3.8) is 0 Å². The maximum Gasteiger partial charge on any atom is 0.330 e. The highest BCUT2D eigenvalue weighted by Crippen LogP contribution is 2.25. The average molecular weight is 499 g/mol. The maximum absolute atomic E-state index is 12.5. The number of thiazole rings is 1. The molecule has 0 aliphatic carbocycles. The van der Waals surface area contributed by atoms with Crippen molar-refractivity contribution in [1.82, 2.24) is 20.1 Å². The van der Waals surface area contributed by atoms with Gasteiger partial charge in [0.1, 0.15) is 18.5 Å². The second-order valence-corrected chi connectivity index (χ2v) is 9.89. The molecular weight excluding hydrogens is 468 g/mol. The van der Waals surface area contributed by atoms with Crippen LogP contribution >= 0.6 is 11.3 Å². The highest BCUT2D eigenvalue weighted by molar-refractivity contribution is 7.18. The van der Waals surface area contributed by atoms with E-state index in [-0.39, 0.29) is 19.1 Å². The third-order valence-electron chi connectivity index (χ3n) is 5.89. The summed E-state index contributed by atoms with van der Waals surface area (Å²) in [5.74, 6) is -0.726. The third kappa shape index (κ3) is 6.98. The molecule has 0 spiro atoms. The first kappa shape index (κ1) is 25.1. The van der Waals surface area contributed by atoms with E-state index in [0.29, 0.717) is 44.0 Å². The number of β-amino-alcohol motifs (C(OH)–C–C–N with tert-alkyl or cyclic N) is 1. The third-order valence-corrected chi connectivity index (χ3v) is 6.85. The zero-order valence-corrected chi connectivity index (χ0v) is 20.4. The minimum atomic E-state index is -1.09. The van der Waals surface area contributed by atoms with Gasteiger partial charge < -0.3 is 20.3 Å². The number of carboxylic acids is 1. The van der Waals surface area contributed by atoms with Gasteiger partial charge in [-0.25, -0.2) is 9.78 Å². The molecule has 35 heavy (non-hydrogen) atoms. The summed E-state index contributed by atoms with van der Waals surface area (Å²) in [4.78, 5) is 32.7. The standard InChI is InChI=1S/C25H30N4O5S/c1-17-26-21-13-20(7-8-22(21)35-17)34-16-19(30)14-28-9-11-29(12-10-28)15-23(31)27-24(25(32)33)18-5-3-2-4-6-18/h2-8,13,19,24,30H,9-12,14-16H2,1H3,(H,27,31)(H,32,33)/t19-,24-/m1/s1. The van der Waals surface area contributed by atoms with Crippen LogP contribution in [-0.2, 0) is 9.59 Å². The number of carboxylic acid groups (broad SMARTS) is 1. The minimum Gasteiger partial charge on any atom is -0.491 e. The normalized spacial score (nSPS) is 16.6. The van der Waals surface area contributed by atoms with Crippen molar-refractivity contribution in [1.29, 1.82) is 0 Å². The summed E-state index contributed by atoms with van der Waals surface area (Å²) in [7, 11) is 0. The number of aryl methyl sites for hydroxylation is 1. The van der Waals surface area contributed by atoms with E-state index < -0.39 is 18.1 Å². The molecule has 2 atom stereocenters. The summed E-state index contributed by atoms with van der Waals surface area (Å²) in [5.41, 5.74) is 1.44. The Bertz CT molecular complexity index is 1150. The van der Waals surface area contributed by atoms with Crippen molar-refractivity contribution in [2.75, 3.05) is 45.9 Å². The van der Waals surface area contributed by atoms with Crippen LogP contribution < -0.4 is 10.1 Å². The van der Waals surface area contributed by atoms with Gasteiger partial charge in [0.2, 0.25) is 5.91 Å². The highest BCUT2D eigenvalue weighted by Gasteiger charge is 2.25. The van der Waals surface area contributed by atoms with Crippen LogP contribution in [0.5, 0.6) is 5.75 Å². The fourth-order valence-electron chi connectivity index (χ4n) is 4.13. The van der Waals surface area contributed by atoms with Crippen LogP contribution in [0.1, 0.15) is 16.6 Å². The van der Waals surface area contributed by atoms with Crippen LogP contribution in [0, 0.1) is 6.92 Å². The molecule has 2 aromatic carbocycles. The Balaban J connectivity index is 1.18. The van der Waals surface area contributed by atoms with Gasteiger partial charge in [-0.05, 0) is 24.6 Å². The van der Waals surface area contributed by atoms with E-state index in [1.807, 2.05) is 30.0 Å². The molecule has 4 rings (SSSR count). The number of carbonyl (C=O) groups excluding carboxylic acids is 1. The quantitative estimate of drug-likeness (QED) is 0.388. The Morgan fingerprint density at radius 1 is 1.11 bits per heavy atom. The molecule has 10 heteroatoms. The molecule has 3 N–H and O–H groups in total. The molecule has 0 radical (unpaired) electrons. The van der Waals surface area contributed by atoms with E-state index in [2.05, 4.69) is 15.2 Å². The molecule has 3 aromatic rings. The topological polar surface area (TPSA) is 115 Å². The number of aliphatic carboxylic acids is 1. The number of benzene rings is 2. The number of nitrogens with zero attached hydrogens (tertiary/aromatic N) is 3. The Morgan fingerprint density at radius 3 is 2.54 bits per heavy atom. The van der Waals surface area contributed by atoms with E-state index in [9.17, 15) is 19.8 Å². The number of rotatable bonds is 10. The van der Waals surface area contributed by atoms with Crippen molar-refractivity contribution < 1.29 is 24.5 Å². The van der Waals surface area contributed by atoms with Gasteiger partial charge in [0.25, 0.3) is 0 Å².